The van der Waals surface area contributed by atoms with E-state index in [0.29, 0.717) is 28.1 Å². The third-order valence-electron chi connectivity index (χ3n) is 4.30. The first-order valence-corrected chi connectivity index (χ1v) is 8.83. The molecular formula is C20H18ClN5O. The van der Waals surface area contributed by atoms with Crippen LogP contribution >= 0.6 is 11.6 Å². The summed E-state index contributed by atoms with van der Waals surface area (Å²) in [7, 11) is 1.81. The van der Waals surface area contributed by atoms with Crippen LogP contribution in [0.4, 0.5) is 5.82 Å². The van der Waals surface area contributed by atoms with Crippen LogP contribution in [-0.2, 0) is 4.74 Å². The van der Waals surface area contributed by atoms with Gasteiger partial charge in [0.1, 0.15) is 5.69 Å². The maximum Gasteiger partial charge on any atom is 0.240 e. The number of halogens is 1. The van der Waals surface area contributed by atoms with Gasteiger partial charge in [-0.1, -0.05) is 41.9 Å². The first-order valence-electron chi connectivity index (χ1n) is 8.45. The second kappa shape index (κ2) is 6.89. The number of aromatic nitrogens is 2. The summed E-state index contributed by atoms with van der Waals surface area (Å²) in [5.41, 5.74) is 9.98. The molecule has 1 aromatic heterocycles. The molecule has 1 atom stereocenters. The molecule has 6 nitrogen and oxygen atoms in total. The molecule has 0 spiro atoms. The van der Waals surface area contributed by atoms with Crippen LogP contribution in [0.25, 0.3) is 11.3 Å². The van der Waals surface area contributed by atoms with E-state index in [1.54, 1.807) is 11.2 Å². The summed E-state index contributed by atoms with van der Waals surface area (Å²) in [4.78, 5) is 8.98. The van der Waals surface area contributed by atoms with Gasteiger partial charge in [0.15, 0.2) is 5.82 Å². The van der Waals surface area contributed by atoms with Gasteiger partial charge in [-0.05, 0) is 30.7 Å². The molecule has 4 rings (SSSR count). The average Bonchev–Trinajstić information content (AvgIpc) is 3.05. The molecule has 27 heavy (non-hydrogen) atoms. The highest BCUT2D eigenvalue weighted by Crippen LogP contribution is 2.33. The average molecular weight is 380 g/mol. The van der Waals surface area contributed by atoms with E-state index in [2.05, 4.69) is 15.1 Å². The highest BCUT2D eigenvalue weighted by molar-refractivity contribution is 6.33. The van der Waals surface area contributed by atoms with Crippen LogP contribution in [0.1, 0.15) is 23.0 Å². The van der Waals surface area contributed by atoms with Crippen LogP contribution in [0.3, 0.4) is 0 Å². The van der Waals surface area contributed by atoms with Gasteiger partial charge < -0.3 is 10.5 Å². The molecule has 1 unspecified atom stereocenters. The Kier molecular flexibility index (Phi) is 4.41. The van der Waals surface area contributed by atoms with E-state index in [1.807, 2.05) is 62.5 Å². The van der Waals surface area contributed by atoms with Crippen molar-refractivity contribution in [3.8, 4) is 11.3 Å². The van der Waals surface area contributed by atoms with E-state index in [9.17, 15) is 0 Å². The van der Waals surface area contributed by atoms with Gasteiger partial charge in [0.2, 0.25) is 12.1 Å². The summed E-state index contributed by atoms with van der Waals surface area (Å²) in [6.45, 7) is 1.99. The van der Waals surface area contributed by atoms with Crippen molar-refractivity contribution in [2.45, 2.75) is 13.2 Å². The summed E-state index contributed by atoms with van der Waals surface area (Å²) in [5, 5.41) is 6.76. The molecule has 1 aliphatic heterocycles. The predicted octanol–water partition coefficient (Wildman–Crippen LogP) is 4.01. The molecule has 0 amide bonds. The van der Waals surface area contributed by atoms with Gasteiger partial charge in [-0.15, -0.1) is 5.10 Å². The van der Waals surface area contributed by atoms with Crippen molar-refractivity contribution in [1.29, 1.82) is 0 Å². The van der Waals surface area contributed by atoms with Gasteiger partial charge in [-0.2, -0.15) is 0 Å². The largest absolute Gasteiger partial charge is 0.444 e. The molecule has 0 fully saturated rings. The van der Waals surface area contributed by atoms with E-state index in [4.69, 9.17) is 22.1 Å². The van der Waals surface area contributed by atoms with Crippen LogP contribution in [0, 0.1) is 6.92 Å². The van der Waals surface area contributed by atoms with Crippen molar-refractivity contribution in [1.82, 2.24) is 15.0 Å². The second-order valence-electron chi connectivity index (χ2n) is 6.32. The third-order valence-corrected chi connectivity index (χ3v) is 4.61. The number of ether oxygens (including phenoxy) is 1. The van der Waals surface area contributed by atoms with Crippen LogP contribution < -0.4 is 5.73 Å². The summed E-state index contributed by atoms with van der Waals surface area (Å²) >= 11 is 6.38. The molecule has 7 heteroatoms. The minimum atomic E-state index is -0.558. The fraction of sp³-hybridized carbons (Fsp3) is 0.150. The Morgan fingerprint density at radius 3 is 2.67 bits per heavy atom. The Labute approximate surface area is 162 Å². The molecule has 0 bridgehead atoms. The molecule has 0 saturated carbocycles. The van der Waals surface area contributed by atoms with Crippen LogP contribution in [0.15, 0.2) is 59.8 Å². The van der Waals surface area contributed by atoms with Crippen LogP contribution in [-0.4, -0.2) is 27.9 Å². The minimum Gasteiger partial charge on any atom is -0.444 e. The normalized spacial score (nSPS) is 16.2. The maximum atomic E-state index is 6.38. The van der Waals surface area contributed by atoms with Crippen molar-refractivity contribution in [2.24, 2.45) is 5.10 Å². The van der Waals surface area contributed by atoms with Gasteiger partial charge in [0, 0.05) is 18.2 Å². The molecule has 3 aromatic rings. The van der Waals surface area contributed by atoms with Crippen molar-refractivity contribution < 1.29 is 4.74 Å². The van der Waals surface area contributed by atoms with Crippen molar-refractivity contribution in [3.63, 3.8) is 0 Å². The molecule has 0 radical (unpaired) electrons. The number of nitrogens with two attached hydrogens (primary N) is 1. The second-order valence-corrected chi connectivity index (χ2v) is 6.73. The highest BCUT2D eigenvalue weighted by Gasteiger charge is 2.31. The van der Waals surface area contributed by atoms with E-state index in [1.165, 1.54) is 0 Å². The Hall–Kier alpha value is -3.12. The number of nitrogen functional groups attached to an aromatic ring is 1. The lowest BCUT2D eigenvalue weighted by molar-refractivity contribution is 0.0744. The molecule has 2 aromatic carbocycles. The van der Waals surface area contributed by atoms with Gasteiger partial charge in [-0.3, -0.25) is 5.01 Å². The summed E-state index contributed by atoms with van der Waals surface area (Å²) in [5.74, 6) is 0.811. The molecule has 136 valence electrons. The number of anilines is 1. The molecule has 2 N–H and O–H groups in total. The Morgan fingerprint density at radius 1 is 1.15 bits per heavy atom. The quantitative estimate of drug-likeness (QED) is 0.744. The number of hydrazone groups is 1. The van der Waals surface area contributed by atoms with E-state index in [0.717, 1.165) is 16.7 Å². The number of hydrogen-bond donors (Lipinski definition) is 1. The molecule has 1 aliphatic rings. The monoisotopic (exact) mass is 379 g/mol. The molecule has 0 saturated heterocycles. The lowest BCUT2D eigenvalue weighted by atomic mass is 10.1. The fourth-order valence-electron chi connectivity index (χ4n) is 2.89. The van der Waals surface area contributed by atoms with Crippen molar-refractivity contribution >= 4 is 23.3 Å². The topological polar surface area (TPSA) is 76.6 Å². The maximum absolute atomic E-state index is 6.38. The number of aryl methyl sites for hydroxylation is 1. The Bertz CT molecular complexity index is 1020. The summed E-state index contributed by atoms with van der Waals surface area (Å²) in [6, 6.07) is 15.5. The highest BCUT2D eigenvalue weighted by atomic mass is 35.5. The zero-order valence-corrected chi connectivity index (χ0v) is 15.7. The first-order chi connectivity index (χ1) is 13.0. The zero-order valence-electron chi connectivity index (χ0n) is 14.9. The number of hydrogen-bond acceptors (Lipinski definition) is 6. The lowest BCUT2D eigenvalue weighted by Gasteiger charge is -2.19. The number of benzene rings is 2. The summed E-state index contributed by atoms with van der Waals surface area (Å²) < 4.78 is 6.03. The smallest absolute Gasteiger partial charge is 0.240 e. The van der Waals surface area contributed by atoms with Gasteiger partial charge in [0.25, 0.3) is 0 Å². The van der Waals surface area contributed by atoms with E-state index < -0.39 is 6.23 Å². The van der Waals surface area contributed by atoms with E-state index in [-0.39, 0.29) is 0 Å². The van der Waals surface area contributed by atoms with Crippen molar-refractivity contribution in [3.05, 3.63) is 76.6 Å². The van der Waals surface area contributed by atoms with Crippen molar-refractivity contribution in [2.75, 3.05) is 12.8 Å². The molecule has 2 heterocycles. The summed E-state index contributed by atoms with van der Waals surface area (Å²) in [6.07, 6.45) is 1.06. The fourth-order valence-corrected chi connectivity index (χ4v) is 3.22. The van der Waals surface area contributed by atoms with Gasteiger partial charge in [-0.25, -0.2) is 9.97 Å². The number of nitrogens with zero attached hydrogens (tertiary/aromatic N) is 4. The predicted molar refractivity (Wildman–Crippen MR) is 106 cm³/mol. The van der Waals surface area contributed by atoms with Crippen LogP contribution in [0.5, 0.6) is 0 Å². The Morgan fingerprint density at radius 2 is 1.93 bits per heavy atom. The third kappa shape index (κ3) is 3.31. The molecule has 0 aliphatic carbocycles. The zero-order chi connectivity index (χ0) is 19.0. The molecular weight excluding hydrogens is 362 g/mol. The Balaban J connectivity index is 1.68. The lowest BCUT2D eigenvalue weighted by Crippen LogP contribution is -2.19. The standard InChI is InChI=1S/C20H18ClN5O/c1-12-8-9-14(15(21)10-12)16-11-23-18(22)17(24-16)20-26(2)25-19(27-20)13-6-4-3-5-7-13/h3-11,20H,1-2H3,(H2,22,23). The SMILES string of the molecule is Cc1ccc(-c2cnc(N)c(C3OC(c4ccccc4)=NN3C)n2)c(Cl)c1. The van der Waals surface area contributed by atoms with Gasteiger partial charge in [0.05, 0.1) is 16.9 Å². The number of rotatable bonds is 3. The first kappa shape index (κ1) is 17.3. The van der Waals surface area contributed by atoms with Crippen LogP contribution in [0.2, 0.25) is 5.02 Å². The van der Waals surface area contributed by atoms with Gasteiger partial charge >= 0.3 is 0 Å². The van der Waals surface area contributed by atoms with E-state index >= 15 is 0 Å². The minimum absolute atomic E-state index is 0.295.